The summed E-state index contributed by atoms with van der Waals surface area (Å²) in [6.45, 7) is -0.167. The number of halogens is 3. The van der Waals surface area contributed by atoms with Crippen LogP contribution in [0.25, 0.3) is 11.3 Å². The van der Waals surface area contributed by atoms with E-state index in [0.717, 1.165) is 22.4 Å². The second kappa shape index (κ2) is 11.2. The molecule has 5 atom stereocenters. The number of methoxy groups -OCH3 is 1. The molecule has 2 aliphatic heterocycles. The average molecular weight is 563 g/mol. The number of likely N-dealkylation sites (tertiary alicyclic amines) is 1. The van der Waals surface area contributed by atoms with Crippen LogP contribution in [0.2, 0.25) is 0 Å². The molecular weight excluding hydrogens is 533 g/mol. The maximum Gasteiger partial charge on any atom is 0.227 e. The van der Waals surface area contributed by atoms with Crippen molar-refractivity contribution in [2.75, 3.05) is 26.8 Å². The SMILES string of the molecule is COc1cccc(CC(=O)N2CCC[C@]3(C2)O[C@H](CO)[C@H](O)[C@H](n2cc(-c4cc(F)c(F)c(F)c4)nn2)[C@H]3O)c1. The number of aromatic nitrogens is 3. The van der Waals surface area contributed by atoms with Crippen LogP contribution in [0, 0.1) is 17.5 Å². The second-order valence-electron chi connectivity index (χ2n) is 10.1. The Morgan fingerprint density at radius 3 is 2.65 bits per heavy atom. The molecule has 0 radical (unpaired) electrons. The molecule has 0 saturated carbocycles. The average Bonchev–Trinajstić information content (AvgIpc) is 3.44. The lowest BCUT2D eigenvalue weighted by Crippen LogP contribution is -2.68. The van der Waals surface area contributed by atoms with Crippen LogP contribution in [0.1, 0.15) is 24.4 Å². The van der Waals surface area contributed by atoms with E-state index in [9.17, 15) is 33.3 Å². The molecule has 214 valence electrons. The molecule has 10 nitrogen and oxygen atoms in total. The monoisotopic (exact) mass is 562 g/mol. The Bertz CT molecular complexity index is 1370. The Morgan fingerprint density at radius 1 is 1.20 bits per heavy atom. The Hall–Kier alpha value is -3.52. The summed E-state index contributed by atoms with van der Waals surface area (Å²) in [5.41, 5.74) is -0.727. The van der Waals surface area contributed by atoms with E-state index in [2.05, 4.69) is 10.3 Å². The number of carbonyl (C=O) groups is 1. The van der Waals surface area contributed by atoms with Crippen LogP contribution in [-0.4, -0.2) is 91.8 Å². The predicted molar refractivity (Wildman–Crippen MR) is 134 cm³/mol. The smallest absolute Gasteiger partial charge is 0.227 e. The molecule has 0 bridgehead atoms. The van der Waals surface area contributed by atoms with Crippen molar-refractivity contribution in [3.8, 4) is 17.0 Å². The third kappa shape index (κ3) is 5.17. The first-order valence-electron chi connectivity index (χ1n) is 12.8. The van der Waals surface area contributed by atoms with Gasteiger partial charge in [-0.3, -0.25) is 4.79 Å². The van der Waals surface area contributed by atoms with E-state index in [1.54, 1.807) is 29.2 Å². The fraction of sp³-hybridized carbons (Fsp3) is 0.444. The number of aliphatic hydroxyl groups excluding tert-OH is 3. The highest BCUT2D eigenvalue weighted by Gasteiger charge is 2.56. The summed E-state index contributed by atoms with van der Waals surface area (Å²) in [7, 11) is 1.54. The lowest BCUT2D eigenvalue weighted by Gasteiger charge is -2.53. The van der Waals surface area contributed by atoms with Gasteiger partial charge in [-0.25, -0.2) is 17.9 Å². The maximum absolute atomic E-state index is 13.8. The molecule has 3 N–H and O–H groups in total. The summed E-state index contributed by atoms with van der Waals surface area (Å²) < 4.78 is 53.4. The number of amides is 1. The van der Waals surface area contributed by atoms with E-state index >= 15 is 0 Å². The van der Waals surface area contributed by atoms with E-state index in [-0.39, 0.29) is 30.1 Å². The Labute approximate surface area is 227 Å². The number of hydrogen-bond donors (Lipinski definition) is 3. The second-order valence-corrected chi connectivity index (χ2v) is 10.1. The molecule has 1 aromatic heterocycles. The van der Waals surface area contributed by atoms with E-state index in [4.69, 9.17) is 9.47 Å². The van der Waals surface area contributed by atoms with Crippen molar-refractivity contribution >= 4 is 5.91 Å². The van der Waals surface area contributed by atoms with Gasteiger partial charge in [-0.15, -0.1) is 5.10 Å². The van der Waals surface area contributed by atoms with Crippen LogP contribution >= 0.6 is 0 Å². The highest BCUT2D eigenvalue weighted by atomic mass is 19.2. The van der Waals surface area contributed by atoms with Crippen molar-refractivity contribution in [3.63, 3.8) is 0 Å². The normalized spacial score (nSPS) is 26.7. The maximum atomic E-state index is 13.8. The van der Waals surface area contributed by atoms with E-state index in [1.807, 2.05) is 0 Å². The Morgan fingerprint density at radius 2 is 1.95 bits per heavy atom. The first-order chi connectivity index (χ1) is 19.2. The molecular formula is C27H29F3N4O6. The van der Waals surface area contributed by atoms with Gasteiger partial charge in [-0.05, 0) is 42.7 Å². The molecule has 40 heavy (non-hydrogen) atoms. The Kier molecular flexibility index (Phi) is 7.82. The Balaban J connectivity index is 1.41. The quantitative estimate of drug-likeness (QED) is 0.387. The summed E-state index contributed by atoms with van der Waals surface area (Å²) in [5.74, 6) is -4.02. The van der Waals surface area contributed by atoms with E-state index in [0.29, 0.717) is 25.1 Å². The molecule has 0 unspecified atom stereocenters. The summed E-state index contributed by atoms with van der Waals surface area (Å²) >= 11 is 0. The van der Waals surface area contributed by atoms with Gasteiger partial charge >= 0.3 is 0 Å². The molecule has 1 amide bonds. The van der Waals surface area contributed by atoms with Gasteiger partial charge < -0.3 is 29.7 Å². The highest BCUT2D eigenvalue weighted by molar-refractivity contribution is 5.79. The van der Waals surface area contributed by atoms with Crippen molar-refractivity contribution in [1.29, 1.82) is 0 Å². The summed E-state index contributed by atoms with van der Waals surface area (Å²) in [4.78, 5) is 14.8. The van der Waals surface area contributed by atoms with Gasteiger partial charge in [0.1, 0.15) is 41.4 Å². The van der Waals surface area contributed by atoms with Gasteiger partial charge in [0.2, 0.25) is 5.91 Å². The molecule has 2 fully saturated rings. The molecule has 3 heterocycles. The standard InChI is InChI=1S/C27H29F3N4O6/c1-39-17-5-2-4-15(8-17)9-22(36)33-7-3-6-27(14-33)26(38)24(25(37)21(13-35)40-27)34-12-20(31-32-34)16-10-18(28)23(30)19(29)11-16/h2,4-5,8,10-12,21,24-26,35,37-38H,3,6-7,9,13-14H2,1H3/t21-,24+,25+,26-,27-/m1/s1. The fourth-order valence-electron chi connectivity index (χ4n) is 5.53. The highest BCUT2D eigenvalue weighted by Crippen LogP contribution is 2.42. The number of benzene rings is 2. The summed E-state index contributed by atoms with van der Waals surface area (Å²) in [6.07, 6.45) is -1.82. The van der Waals surface area contributed by atoms with E-state index < -0.39 is 54.0 Å². The molecule has 13 heteroatoms. The molecule has 2 aromatic carbocycles. The third-order valence-corrected chi connectivity index (χ3v) is 7.58. The minimum absolute atomic E-state index is 0.00731. The van der Waals surface area contributed by atoms with Gasteiger partial charge in [0.05, 0.1) is 32.9 Å². The van der Waals surface area contributed by atoms with Gasteiger partial charge in [-0.1, -0.05) is 17.3 Å². The molecule has 2 aliphatic rings. The molecule has 5 rings (SSSR count). The lowest BCUT2D eigenvalue weighted by molar-refractivity contribution is -0.267. The van der Waals surface area contributed by atoms with Gasteiger partial charge in [0.25, 0.3) is 0 Å². The number of nitrogens with zero attached hydrogens (tertiary/aromatic N) is 4. The molecule has 0 aliphatic carbocycles. The summed E-state index contributed by atoms with van der Waals surface area (Å²) in [5, 5.41) is 40.4. The molecule has 3 aromatic rings. The fourth-order valence-corrected chi connectivity index (χ4v) is 5.53. The number of carbonyl (C=O) groups excluding carboxylic acids is 1. The van der Waals surface area contributed by atoms with Gasteiger partial charge in [0.15, 0.2) is 17.5 Å². The van der Waals surface area contributed by atoms with Crippen LogP contribution < -0.4 is 4.74 Å². The largest absolute Gasteiger partial charge is 0.497 e. The zero-order chi connectivity index (χ0) is 28.6. The lowest BCUT2D eigenvalue weighted by atomic mass is 9.78. The topological polar surface area (TPSA) is 130 Å². The van der Waals surface area contributed by atoms with Crippen LogP contribution in [-0.2, 0) is 16.0 Å². The number of piperidine rings is 1. The third-order valence-electron chi connectivity index (χ3n) is 7.58. The minimum Gasteiger partial charge on any atom is -0.497 e. The first kappa shape index (κ1) is 28.0. The van der Waals surface area contributed by atoms with Crippen LogP contribution in [0.5, 0.6) is 5.75 Å². The molecule has 1 spiro atoms. The van der Waals surface area contributed by atoms with E-state index in [1.165, 1.54) is 13.3 Å². The first-order valence-corrected chi connectivity index (χ1v) is 12.8. The van der Waals surface area contributed by atoms with Crippen LogP contribution in [0.3, 0.4) is 0 Å². The van der Waals surface area contributed by atoms with Crippen LogP contribution in [0.4, 0.5) is 13.2 Å². The minimum atomic E-state index is -1.62. The zero-order valence-corrected chi connectivity index (χ0v) is 21.6. The van der Waals surface area contributed by atoms with Crippen molar-refractivity contribution in [3.05, 3.63) is 65.6 Å². The van der Waals surface area contributed by atoms with Crippen molar-refractivity contribution in [1.82, 2.24) is 19.9 Å². The number of aliphatic hydroxyl groups is 3. The van der Waals surface area contributed by atoms with Crippen molar-refractivity contribution < 1.29 is 42.8 Å². The number of hydrogen-bond acceptors (Lipinski definition) is 8. The molecule has 2 saturated heterocycles. The van der Waals surface area contributed by atoms with Crippen molar-refractivity contribution in [2.45, 2.75) is 49.2 Å². The predicted octanol–water partition coefficient (Wildman–Crippen LogP) is 1.63. The van der Waals surface area contributed by atoms with Gasteiger partial charge in [0, 0.05) is 12.1 Å². The number of ether oxygens (including phenoxy) is 2. The van der Waals surface area contributed by atoms with Gasteiger partial charge in [-0.2, -0.15) is 0 Å². The van der Waals surface area contributed by atoms with Crippen molar-refractivity contribution in [2.24, 2.45) is 0 Å². The number of rotatable bonds is 6. The zero-order valence-electron chi connectivity index (χ0n) is 21.6. The summed E-state index contributed by atoms with van der Waals surface area (Å²) in [6, 6.07) is 7.46. The van der Waals surface area contributed by atoms with Crippen LogP contribution in [0.15, 0.2) is 42.6 Å².